The number of aromatic nitrogens is 3. The molecule has 0 fully saturated rings. The Kier molecular flexibility index (Phi) is 3.34. The van der Waals surface area contributed by atoms with E-state index >= 15 is 0 Å². The second-order valence-corrected chi connectivity index (χ2v) is 3.64. The Morgan fingerprint density at radius 2 is 2.35 bits per heavy atom. The first-order chi connectivity index (χ1) is 8.22. The molecule has 0 spiro atoms. The largest absolute Gasteiger partial charge is 0.372 e. The Labute approximate surface area is 98.6 Å². The van der Waals surface area contributed by atoms with E-state index < -0.39 is 6.10 Å². The van der Waals surface area contributed by atoms with Gasteiger partial charge in [-0.05, 0) is 19.1 Å². The predicted molar refractivity (Wildman–Crippen MR) is 61.3 cm³/mol. The van der Waals surface area contributed by atoms with Crippen molar-refractivity contribution < 1.29 is 9.53 Å². The lowest BCUT2D eigenvalue weighted by molar-refractivity contribution is -0.130. The van der Waals surface area contributed by atoms with E-state index in [-0.39, 0.29) is 5.91 Å². The Morgan fingerprint density at radius 3 is 3.12 bits per heavy atom. The molecule has 1 atom stereocenters. The van der Waals surface area contributed by atoms with Crippen molar-refractivity contribution in [2.75, 3.05) is 7.11 Å². The third kappa shape index (κ3) is 2.42. The topological polar surface area (TPSA) is 68.5 Å². The van der Waals surface area contributed by atoms with E-state index in [4.69, 9.17) is 4.74 Å². The molecular weight excluding hydrogens is 220 g/mol. The molecule has 2 aromatic heterocycles. The number of amides is 1. The molecule has 90 valence electrons. The van der Waals surface area contributed by atoms with Crippen LogP contribution in [-0.4, -0.2) is 33.7 Å². The lowest BCUT2D eigenvalue weighted by Gasteiger charge is -2.09. The van der Waals surface area contributed by atoms with Crippen molar-refractivity contribution in [3.63, 3.8) is 0 Å². The van der Waals surface area contributed by atoms with Crippen LogP contribution in [0, 0.1) is 0 Å². The number of fused-ring (bicyclic) bond motifs is 1. The number of carbonyl (C=O) groups excluding carboxylic acids is 1. The molecule has 0 aromatic carbocycles. The van der Waals surface area contributed by atoms with Crippen LogP contribution in [0.1, 0.15) is 12.7 Å². The molecule has 2 aromatic rings. The summed E-state index contributed by atoms with van der Waals surface area (Å²) in [4.78, 5) is 11.5. The van der Waals surface area contributed by atoms with Crippen molar-refractivity contribution in [1.29, 1.82) is 0 Å². The van der Waals surface area contributed by atoms with Gasteiger partial charge in [0, 0.05) is 13.3 Å². The van der Waals surface area contributed by atoms with E-state index in [1.807, 2.05) is 28.8 Å². The van der Waals surface area contributed by atoms with Crippen LogP contribution in [0.5, 0.6) is 0 Å². The maximum Gasteiger partial charge on any atom is 0.249 e. The van der Waals surface area contributed by atoms with Crippen LogP contribution >= 0.6 is 0 Å². The van der Waals surface area contributed by atoms with Gasteiger partial charge >= 0.3 is 0 Å². The number of methoxy groups -OCH3 is 1. The van der Waals surface area contributed by atoms with E-state index in [1.54, 1.807) is 6.92 Å². The Hall–Kier alpha value is -1.95. The first-order valence-corrected chi connectivity index (χ1v) is 5.31. The van der Waals surface area contributed by atoms with Crippen molar-refractivity contribution in [3.05, 3.63) is 30.2 Å². The summed E-state index contributed by atoms with van der Waals surface area (Å²) in [6.07, 6.45) is 1.39. The normalized spacial score (nSPS) is 12.6. The summed E-state index contributed by atoms with van der Waals surface area (Å²) >= 11 is 0. The van der Waals surface area contributed by atoms with Crippen molar-refractivity contribution in [1.82, 2.24) is 19.9 Å². The zero-order valence-corrected chi connectivity index (χ0v) is 9.75. The van der Waals surface area contributed by atoms with E-state index in [0.29, 0.717) is 12.4 Å². The molecule has 0 bridgehead atoms. The first kappa shape index (κ1) is 11.5. The lowest BCUT2D eigenvalue weighted by Crippen LogP contribution is -2.33. The number of pyridine rings is 1. The van der Waals surface area contributed by atoms with Crippen molar-refractivity contribution in [3.8, 4) is 0 Å². The van der Waals surface area contributed by atoms with Crippen LogP contribution in [0.25, 0.3) is 5.65 Å². The van der Waals surface area contributed by atoms with E-state index in [9.17, 15) is 4.79 Å². The molecular formula is C11H14N4O2. The molecule has 0 saturated carbocycles. The maximum absolute atomic E-state index is 11.5. The molecule has 2 heterocycles. The number of hydrogen-bond donors (Lipinski definition) is 1. The number of carbonyl (C=O) groups is 1. The fourth-order valence-electron chi connectivity index (χ4n) is 1.43. The SMILES string of the molecule is COC(C)C(=O)NCc1nnc2ccccn12. The molecule has 0 radical (unpaired) electrons. The molecule has 0 aliphatic carbocycles. The number of nitrogens with zero attached hydrogens (tertiary/aromatic N) is 3. The van der Waals surface area contributed by atoms with Gasteiger partial charge in [-0.2, -0.15) is 0 Å². The van der Waals surface area contributed by atoms with E-state index in [0.717, 1.165) is 5.65 Å². The third-order valence-corrected chi connectivity index (χ3v) is 2.53. The average molecular weight is 234 g/mol. The van der Waals surface area contributed by atoms with Crippen LogP contribution in [0.15, 0.2) is 24.4 Å². The Balaban J connectivity index is 2.07. The molecule has 6 heteroatoms. The smallest absolute Gasteiger partial charge is 0.249 e. The van der Waals surface area contributed by atoms with Crippen LogP contribution < -0.4 is 5.32 Å². The highest BCUT2D eigenvalue weighted by Gasteiger charge is 2.12. The van der Waals surface area contributed by atoms with Crippen LogP contribution in [-0.2, 0) is 16.1 Å². The minimum Gasteiger partial charge on any atom is -0.372 e. The predicted octanol–water partition coefficient (Wildman–Crippen LogP) is 0.380. The van der Waals surface area contributed by atoms with Gasteiger partial charge in [-0.25, -0.2) is 0 Å². The van der Waals surface area contributed by atoms with Crippen molar-refractivity contribution >= 4 is 11.6 Å². The zero-order valence-electron chi connectivity index (χ0n) is 9.75. The summed E-state index contributed by atoms with van der Waals surface area (Å²) in [6.45, 7) is 2.02. The molecule has 17 heavy (non-hydrogen) atoms. The van der Waals surface area contributed by atoms with E-state index in [2.05, 4.69) is 15.5 Å². The van der Waals surface area contributed by atoms with Gasteiger partial charge in [0.15, 0.2) is 11.5 Å². The zero-order chi connectivity index (χ0) is 12.3. The molecule has 1 unspecified atom stereocenters. The molecule has 0 aliphatic heterocycles. The number of ether oxygens (including phenoxy) is 1. The summed E-state index contributed by atoms with van der Waals surface area (Å²) in [5.41, 5.74) is 0.761. The van der Waals surface area contributed by atoms with Gasteiger partial charge in [0.2, 0.25) is 5.91 Å². The monoisotopic (exact) mass is 234 g/mol. The van der Waals surface area contributed by atoms with Gasteiger partial charge in [-0.3, -0.25) is 9.20 Å². The second kappa shape index (κ2) is 4.92. The highest BCUT2D eigenvalue weighted by atomic mass is 16.5. The number of hydrogen-bond acceptors (Lipinski definition) is 4. The summed E-state index contributed by atoms with van der Waals surface area (Å²) in [7, 11) is 1.50. The second-order valence-electron chi connectivity index (χ2n) is 3.64. The minimum atomic E-state index is -0.464. The molecule has 2 rings (SSSR count). The Morgan fingerprint density at radius 1 is 1.53 bits per heavy atom. The Bertz CT molecular complexity index is 523. The number of rotatable bonds is 4. The highest BCUT2D eigenvalue weighted by molar-refractivity contribution is 5.80. The van der Waals surface area contributed by atoms with Gasteiger partial charge in [-0.15, -0.1) is 10.2 Å². The highest BCUT2D eigenvalue weighted by Crippen LogP contribution is 2.02. The molecule has 1 N–H and O–H groups in total. The van der Waals surface area contributed by atoms with Gasteiger partial charge < -0.3 is 10.1 Å². The third-order valence-electron chi connectivity index (χ3n) is 2.53. The van der Waals surface area contributed by atoms with Gasteiger partial charge in [-0.1, -0.05) is 6.07 Å². The van der Waals surface area contributed by atoms with Gasteiger partial charge in [0.25, 0.3) is 0 Å². The minimum absolute atomic E-state index is 0.166. The molecule has 0 aliphatic rings. The summed E-state index contributed by atoms with van der Waals surface area (Å²) in [5.74, 6) is 0.525. The molecule has 0 saturated heterocycles. The summed E-state index contributed by atoms with van der Waals surface area (Å²) in [6, 6.07) is 5.63. The van der Waals surface area contributed by atoms with Crippen molar-refractivity contribution in [2.24, 2.45) is 0 Å². The fourth-order valence-corrected chi connectivity index (χ4v) is 1.43. The number of nitrogens with one attached hydrogen (secondary N) is 1. The first-order valence-electron chi connectivity index (χ1n) is 5.31. The van der Waals surface area contributed by atoms with Gasteiger partial charge in [0.1, 0.15) is 6.10 Å². The lowest BCUT2D eigenvalue weighted by atomic mass is 10.3. The van der Waals surface area contributed by atoms with E-state index in [1.165, 1.54) is 7.11 Å². The van der Waals surface area contributed by atoms with Crippen LogP contribution in [0.3, 0.4) is 0 Å². The maximum atomic E-state index is 11.5. The average Bonchev–Trinajstić information content (AvgIpc) is 2.78. The quantitative estimate of drug-likeness (QED) is 0.830. The summed E-state index contributed by atoms with van der Waals surface area (Å²) < 4.78 is 6.75. The standard InChI is InChI=1S/C11H14N4O2/c1-8(17-2)11(16)12-7-10-14-13-9-5-3-4-6-15(9)10/h3-6,8H,7H2,1-2H3,(H,12,16). The summed E-state index contributed by atoms with van der Waals surface area (Å²) in [5, 5.41) is 10.7. The van der Waals surface area contributed by atoms with Crippen molar-refractivity contribution in [2.45, 2.75) is 19.6 Å². The fraction of sp³-hybridized carbons (Fsp3) is 0.364. The molecule has 6 nitrogen and oxygen atoms in total. The van der Waals surface area contributed by atoms with Crippen LogP contribution in [0.2, 0.25) is 0 Å². The molecule has 1 amide bonds. The van der Waals surface area contributed by atoms with Gasteiger partial charge in [0.05, 0.1) is 6.54 Å². The van der Waals surface area contributed by atoms with Crippen LogP contribution in [0.4, 0.5) is 0 Å².